The number of fused-ring (bicyclic) bond motifs is 5. The summed E-state index contributed by atoms with van der Waals surface area (Å²) in [6, 6.07) is 0. The number of ketones is 1. The van der Waals surface area contributed by atoms with Gasteiger partial charge in [-0.15, -0.1) is 0 Å². The van der Waals surface area contributed by atoms with Crippen molar-refractivity contribution >= 4 is 11.8 Å². The van der Waals surface area contributed by atoms with Gasteiger partial charge in [0.2, 0.25) is 0 Å². The summed E-state index contributed by atoms with van der Waals surface area (Å²) in [5, 5.41) is 56.0. The predicted octanol–water partition coefficient (Wildman–Crippen LogP) is 1.50. The SMILES string of the molecule is C[C@H]1[C@H](C[C@@H](O)[C@](C)(O)[C@H]2CC[C@@]3(O)C4=CC(=O)[C@@H]5C[C@@H](O)[C@@H](O)C[C@]5(C)[C@H]4CC[C@]23C)CO[13C]1=O. The van der Waals surface area contributed by atoms with Crippen molar-refractivity contribution in [2.45, 2.75) is 102 Å². The monoisotopic (exact) mass is 507 g/mol. The molecule has 3 saturated carbocycles. The Morgan fingerprint density at radius 2 is 1.83 bits per heavy atom. The van der Waals surface area contributed by atoms with Crippen molar-refractivity contribution in [2.75, 3.05) is 6.61 Å². The highest BCUT2D eigenvalue weighted by Gasteiger charge is 2.69. The van der Waals surface area contributed by atoms with Crippen molar-refractivity contribution < 1.29 is 39.9 Å². The van der Waals surface area contributed by atoms with E-state index in [0.29, 0.717) is 37.7 Å². The highest BCUT2D eigenvalue weighted by Crippen LogP contribution is 2.68. The molecule has 0 spiro atoms. The van der Waals surface area contributed by atoms with Gasteiger partial charge in [-0.25, -0.2) is 0 Å². The minimum atomic E-state index is -1.51. The summed E-state index contributed by atoms with van der Waals surface area (Å²) in [5.41, 5.74) is -3.44. The lowest BCUT2D eigenvalue weighted by Gasteiger charge is -2.60. The van der Waals surface area contributed by atoms with Crippen molar-refractivity contribution in [3.05, 3.63) is 11.6 Å². The van der Waals surface area contributed by atoms with Crippen LogP contribution in [0.5, 0.6) is 0 Å². The summed E-state index contributed by atoms with van der Waals surface area (Å²) in [5.74, 6) is -1.81. The average Bonchev–Trinajstić information content (AvgIpc) is 3.26. The van der Waals surface area contributed by atoms with E-state index in [0.717, 1.165) is 0 Å². The first-order valence-corrected chi connectivity index (χ1v) is 13.6. The van der Waals surface area contributed by atoms with Gasteiger partial charge in [0, 0.05) is 17.3 Å². The van der Waals surface area contributed by atoms with Crippen LogP contribution in [0.15, 0.2) is 11.6 Å². The van der Waals surface area contributed by atoms with Crippen LogP contribution in [0.3, 0.4) is 0 Å². The maximum Gasteiger partial charge on any atom is 0.309 e. The number of rotatable bonds is 4. The zero-order valence-electron chi connectivity index (χ0n) is 21.8. The molecule has 0 radical (unpaired) electrons. The Bertz CT molecular complexity index is 975. The van der Waals surface area contributed by atoms with Gasteiger partial charge in [-0.05, 0) is 80.8 Å². The molecule has 0 unspecified atom stereocenters. The van der Waals surface area contributed by atoms with Crippen molar-refractivity contribution in [3.8, 4) is 0 Å². The lowest BCUT2D eigenvalue weighted by atomic mass is 9.45. The van der Waals surface area contributed by atoms with Crippen LogP contribution in [0, 0.1) is 40.4 Å². The number of aliphatic hydroxyl groups is 5. The molecule has 12 atom stereocenters. The molecule has 5 rings (SSSR count). The fourth-order valence-corrected chi connectivity index (χ4v) is 8.99. The first-order chi connectivity index (χ1) is 16.7. The van der Waals surface area contributed by atoms with Crippen LogP contribution in [-0.4, -0.2) is 73.4 Å². The van der Waals surface area contributed by atoms with Gasteiger partial charge >= 0.3 is 5.97 Å². The third kappa shape index (κ3) is 3.44. The van der Waals surface area contributed by atoms with Crippen LogP contribution in [0.1, 0.15) is 72.6 Å². The molecule has 36 heavy (non-hydrogen) atoms. The summed E-state index contributed by atoms with van der Waals surface area (Å²) in [6.07, 6.45) is 1.60. The standard InChI is InChI=1S/C28H42O8/c1-14-15(13-36-24(14)33)9-23(32)27(4,34)22-6-8-28(35)17-10-19(29)18-11-20(30)21(31)12-25(18,2)16(17)5-7-26(22,28)3/h10,14-16,18,20-23,30-32,34-35H,5-9,11-13H2,1-4H3/t14-,15+,16-,18-,20+,21-,22-,23+,25+,26+,27+,28+/m0/s1/i24+1. The molecule has 8 heteroatoms. The molecule has 0 aromatic rings. The maximum absolute atomic E-state index is 13.3. The molecule has 0 bridgehead atoms. The average molecular weight is 508 g/mol. The Balaban J connectivity index is 1.44. The fourth-order valence-electron chi connectivity index (χ4n) is 8.99. The van der Waals surface area contributed by atoms with Crippen LogP contribution in [0.25, 0.3) is 0 Å². The van der Waals surface area contributed by atoms with Gasteiger partial charge in [0.15, 0.2) is 5.78 Å². The summed E-state index contributed by atoms with van der Waals surface area (Å²) in [4.78, 5) is 25.1. The van der Waals surface area contributed by atoms with E-state index in [1.807, 2.05) is 13.8 Å². The van der Waals surface area contributed by atoms with E-state index in [9.17, 15) is 35.1 Å². The van der Waals surface area contributed by atoms with E-state index in [4.69, 9.17) is 4.74 Å². The fraction of sp³-hybridized carbons (Fsp3) is 0.857. The number of aliphatic hydroxyl groups excluding tert-OH is 3. The Labute approximate surface area is 212 Å². The summed E-state index contributed by atoms with van der Waals surface area (Å²) < 4.78 is 5.13. The third-order valence-corrected chi connectivity index (χ3v) is 11.5. The van der Waals surface area contributed by atoms with E-state index >= 15 is 0 Å². The molecule has 1 saturated heterocycles. The Morgan fingerprint density at radius 3 is 2.47 bits per heavy atom. The van der Waals surface area contributed by atoms with Crippen LogP contribution < -0.4 is 0 Å². The topological polar surface area (TPSA) is 145 Å². The van der Waals surface area contributed by atoms with Gasteiger partial charge in [0.1, 0.15) is 0 Å². The molecule has 8 nitrogen and oxygen atoms in total. The second kappa shape index (κ2) is 8.34. The number of carbonyl (C=O) groups excluding carboxylic acids is 2. The van der Waals surface area contributed by atoms with Crippen LogP contribution in [0.4, 0.5) is 0 Å². The molecular weight excluding hydrogens is 465 g/mol. The first kappa shape index (κ1) is 26.3. The largest absolute Gasteiger partial charge is 0.465 e. The van der Waals surface area contributed by atoms with E-state index < -0.39 is 52.2 Å². The molecule has 1 heterocycles. The summed E-state index contributed by atoms with van der Waals surface area (Å²) in [6.45, 7) is 7.61. The molecular formula is C28H42O8. The zero-order valence-corrected chi connectivity index (χ0v) is 21.8. The molecule has 0 amide bonds. The number of carbonyl (C=O) groups is 2. The Kier molecular flexibility index (Phi) is 6.09. The number of cyclic esters (lactones) is 1. The summed E-state index contributed by atoms with van der Waals surface area (Å²) >= 11 is 0. The summed E-state index contributed by atoms with van der Waals surface area (Å²) in [7, 11) is 0. The highest BCUT2D eigenvalue weighted by atomic mass is 16.6. The molecule has 5 aliphatic rings. The second-order valence-corrected chi connectivity index (χ2v) is 13.3. The third-order valence-electron chi connectivity index (χ3n) is 11.5. The molecule has 4 aliphatic carbocycles. The lowest BCUT2D eigenvalue weighted by Crippen LogP contribution is -2.63. The van der Waals surface area contributed by atoms with Crippen LogP contribution >= 0.6 is 0 Å². The zero-order chi connectivity index (χ0) is 26.4. The number of hydrogen-bond donors (Lipinski definition) is 5. The van der Waals surface area contributed by atoms with Crippen molar-refractivity contribution in [3.63, 3.8) is 0 Å². The van der Waals surface area contributed by atoms with Gasteiger partial charge in [-0.1, -0.05) is 20.8 Å². The number of allylic oxidation sites excluding steroid dienone is 1. The van der Waals surface area contributed by atoms with Crippen molar-refractivity contribution in [1.82, 2.24) is 0 Å². The van der Waals surface area contributed by atoms with Crippen molar-refractivity contribution in [1.29, 1.82) is 0 Å². The molecule has 5 N–H and O–H groups in total. The van der Waals surface area contributed by atoms with Gasteiger partial charge in [0.25, 0.3) is 0 Å². The first-order valence-electron chi connectivity index (χ1n) is 13.6. The van der Waals surface area contributed by atoms with Gasteiger partial charge in [-0.2, -0.15) is 0 Å². The van der Waals surface area contributed by atoms with Crippen LogP contribution in [-0.2, 0) is 14.3 Å². The minimum Gasteiger partial charge on any atom is -0.465 e. The predicted molar refractivity (Wildman–Crippen MR) is 129 cm³/mol. The second-order valence-electron chi connectivity index (χ2n) is 13.3. The smallest absolute Gasteiger partial charge is 0.309 e. The Morgan fingerprint density at radius 1 is 1.14 bits per heavy atom. The van der Waals surface area contributed by atoms with E-state index in [1.54, 1.807) is 19.9 Å². The highest BCUT2D eigenvalue weighted by molar-refractivity contribution is 5.95. The van der Waals surface area contributed by atoms with Crippen LogP contribution in [0.2, 0.25) is 0 Å². The molecule has 0 aromatic carbocycles. The quantitative estimate of drug-likeness (QED) is 0.284. The molecule has 4 fully saturated rings. The van der Waals surface area contributed by atoms with Gasteiger partial charge < -0.3 is 30.3 Å². The molecule has 0 aromatic heterocycles. The van der Waals surface area contributed by atoms with Gasteiger partial charge in [0.05, 0.1) is 42.0 Å². The maximum atomic E-state index is 13.3. The molecule has 1 aliphatic heterocycles. The lowest BCUT2D eigenvalue weighted by molar-refractivity contribution is -0.177. The minimum absolute atomic E-state index is 0.100. The van der Waals surface area contributed by atoms with E-state index in [2.05, 4.69) is 0 Å². The van der Waals surface area contributed by atoms with Crippen molar-refractivity contribution in [2.24, 2.45) is 40.4 Å². The Hall–Kier alpha value is -1.32. The van der Waals surface area contributed by atoms with E-state index in [-0.39, 0.29) is 49.0 Å². The molecule has 202 valence electrons. The van der Waals surface area contributed by atoms with Gasteiger partial charge in [-0.3, -0.25) is 9.59 Å². The normalized spacial score (nSPS) is 50.9. The number of ether oxygens (including phenoxy) is 1. The number of esters is 1. The van der Waals surface area contributed by atoms with E-state index in [1.165, 1.54) is 0 Å². The number of hydrogen-bond acceptors (Lipinski definition) is 8.